The molecule has 1 aromatic heterocycles. The van der Waals surface area contributed by atoms with Gasteiger partial charge in [-0.2, -0.15) is 5.26 Å². The number of nitrogens with zero attached hydrogens (tertiary/aromatic N) is 4. The first-order chi connectivity index (χ1) is 11.2. The van der Waals surface area contributed by atoms with Gasteiger partial charge >= 0.3 is 5.97 Å². The van der Waals surface area contributed by atoms with Crippen LogP contribution in [0.5, 0.6) is 0 Å². The lowest BCUT2D eigenvalue weighted by molar-refractivity contribution is -0.141. The summed E-state index contributed by atoms with van der Waals surface area (Å²) in [6.07, 6.45) is 3.33. The molecule has 1 fully saturated rings. The lowest BCUT2D eigenvalue weighted by atomic mass is 10.0. The summed E-state index contributed by atoms with van der Waals surface area (Å²) >= 11 is 0. The molecular formula is C17H18N4O2. The van der Waals surface area contributed by atoms with E-state index in [0.29, 0.717) is 17.0 Å². The lowest BCUT2D eigenvalue weighted by Crippen LogP contribution is -2.32. The minimum Gasteiger partial charge on any atom is -0.468 e. The number of fused-ring (bicyclic) bond motifs is 1. The number of nitriles is 1. The molecule has 2 heterocycles. The van der Waals surface area contributed by atoms with E-state index in [4.69, 9.17) is 4.74 Å². The standard InChI is InChI=1S/C17H18N4O2/c1-23-17(22)12(11-18)15-16(21-9-5-2-6-10-21)20-14-8-4-3-7-13(14)19-15/h3-4,7-8,12H,2,5-6,9-10H2,1H3/t12-/m0/s1. The number of ether oxygens (including phenoxy) is 1. The molecule has 1 atom stereocenters. The Kier molecular flexibility index (Phi) is 4.38. The molecule has 1 saturated heterocycles. The topological polar surface area (TPSA) is 79.1 Å². The SMILES string of the molecule is COC(=O)[C@@H](C#N)c1nc2ccccc2nc1N1CCCCC1. The van der Waals surface area contributed by atoms with Gasteiger partial charge in [0.15, 0.2) is 11.7 Å². The highest BCUT2D eigenvalue weighted by atomic mass is 16.5. The summed E-state index contributed by atoms with van der Waals surface area (Å²) < 4.78 is 4.76. The molecule has 2 aromatic rings. The predicted molar refractivity (Wildman–Crippen MR) is 86.0 cm³/mol. The fourth-order valence-corrected chi connectivity index (χ4v) is 2.88. The Labute approximate surface area is 134 Å². The number of carbonyl (C=O) groups excluding carboxylic acids is 1. The summed E-state index contributed by atoms with van der Waals surface area (Å²) in [7, 11) is 1.28. The maximum Gasteiger partial charge on any atom is 0.329 e. The number of para-hydroxylation sites is 2. The average molecular weight is 310 g/mol. The van der Waals surface area contributed by atoms with E-state index in [1.54, 1.807) is 0 Å². The number of hydrogen-bond donors (Lipinski definition) is 0. The second-order valence-corrected chi connectivity index (χ2v) is 5.55. The third-order valence-corrected chi connectivity index (χ3v) is 4.07. The van der Waals surface area contributed by atoms with E-state index in [2.05, 4.69) is 14.9 Å². The summed E-state index contributed by atoms with van der Waals surface area (Å²) in [6, 6.07) is 9.49. The van der Waals surface area contributed by atoms with Gasteiger partial charge in [0.1, 0.15) is 5.69 Å². The number of methoxy groups -OCH3 is 1. The smallest absolute Gasteiger partial charge is 0.329 e. The Bertz CT molecular complexity index is 763. The second-order valence-electron chi connectivity index (χ2n) is 5.55. The van der Waals surface area contributed by atoms with Crippen LogP contribution in [0.2, 0.25) is 0 Å². The molecule has 0 spiro atoms. The fraction of sp³-hybridized carbons (Fsp3) is 0.412. The Hall–Kier alpha value is -2.68. The minimum atomic E-state index is -1.06. The van der Waals surface area contributed by atoms with Crippen LogP contribution in [0, 0.1) is 11.3 Å². The van der Waals surface area contributed by atoms with Gasteiger partial charge in [0.05, 0.1) is 24.2 Å². The van der Waals surface area contributed by atoms with Crippen LogP contribution >= 0.6 is 0 Å². The fourth-order valence-electron chi connectivity index (χ4n) is 2.88. The zero-order valence-electron chi connectivity index (χ0n) is 13.0. The number of benzene rings is 1. The highest BCUT2D eigenvalue weighted by Gasteiger charge is 2.29. The molecule has 23 heavy (non-hydrogen) atoms. The molecule has 6 heteroatoms. The maximum atomic E-state index is 12.0. The Morgan fingerprint density at radius 1 is 1.22 bits per heavy atom. The molecule has 0 radical (unpaired) electrons. The number of esters is 1. The molecule has 1 aliphatic rings. The number of hydrogen-bond acceptors (Lipinski definition) is 6. The van der Waals surface area contributed by atoms with Crippen molar-refractivity contribution in [3.8, 4) is 6.07 Å². The maximum absolute atomic E-state index is 12.0. The molecule has 0 saturated carbocycles. The Morgan fingerprint density at radius 3 is 2.48 bits per heavy atom. The van der Waals surface area contributed by atoms with Crippen molar-refractivity contribution in [1.82, 2.24) is 9.97 Å². The second kappa shape index (κ2) is 6.61. The molecule has 0 bridgehead atoms. The van der Waals surface area contributed by atoms with Crippen LogP contribution in [-0.2, 0) is 9.53 Å². The van der Waals surface area contributed by atoms with E-state index in [0.717, 1.165) is 31.4 Å². The zero-order chi connectivity index (χ0) is 16.2. The number of aromatic nitrogens is 2. The van der Waals surface area contributed by atoms with E-state index in [1.807, 2.05) is 30.3 Å². The zero-order valence-corrected chi connectivity index (χ0v) is 13.0. The van der Waals surface area contributed by atoms with Gasteiger partial charge in [0.2, 0.25) is 0 Å². The first-order valence-electron chi connectivity index (χ1n) is 7.73. The number of rotatable bonds is 3. The van der Waals surface area contributed by atoms with E-state index >= 15 is 0 Å². The van der Waals surface area contributed by atoms with Crippen molar-refractivity contribution in [3.05, 3.63) is 30.0 Å². The minimum absolute atomic E-state index is 0.389. The van der Waals surface area contributed by atoms with E-state index in [9.17, 15) is 10.1 Å². The van der Waals surface area contributed by atoms with Crippen molar-refractivity contribution in [3.63, 3.8) is 0 Å². The summed E-state index contributed by atoms with van der Waals surface area (Å²) in [5.74, 6) is -1.04. The summed E-state index contributed by atoms with van der Waals surface area (Å²) in [4.78, 5) is 23.4. The van der Waals surface area contributed by atoms with Crippen LogP contribution in [0.15, 0.2) is 24.3 Å². The molecule has 118 valence electrons. The molecular weight excluding hydrogens is 292 g/mol. The van der Waals surface area contributed by atoms with Crippen molar-refractivity contribution >= 4 is 22.8 Å². The highest BCUT2D eigenvalue weighted by Crippen LogP contribution is 2.29. The van der Waals surface area contributed by atoms with Gasteiger partial charge in [0, 0.05) is 13.1 Å². The third kappa shape index (κ3) is 2.95. The first kappa shape index (κ1) is 15.2. The van der Waals surface area contributed by atoms with Crippen molar-refractivity contribution in [1.29, 1.82) is 5.26 Å². The first-order valence-corrected chi connectivity index (χ1v) is 7.73. The van der Waals surface area contributed by atoms with E-state index in [-0.39, 0.29) is 0 Å². The third-order valence-electron chi connectivity index (χ3n) is 4.07. The van der Waals surface area contributed by atoms with Gasteiger partial charge in [-0.25, -0.2) is 9.97 Å². The predicted octanol–water partition coefficient (Wildman–Crippen LogP) is 2.40. The number of piperidine rings is 1. The molecule has 0 amide bonds. The molecule has 6 nitrogen and oxygen atoms in total. The van der Waals surface area contributed by atoms with Crippen LogP contribution in [-0.4, -0.2) is 36.1 Å². The van der Waals surface area contributed by atoms with Crippen LogP contribution in [0.3, 0.4) is 0 Å². The van der Waals surface area contributed by atoms with Gasteiger partial charge in [-0.3, -0.25) is 4.79 Å². The van der Waals surface area contributed by atoms with Crippen molar-refractivity contribution in [2.24, 2.45) is 0 Å². The molecule has 0 unspecified atom stereocenters. The van der Waals surface area contributed by atoms with E-state index in [1.165, 1.54) is 13.5 Å². The normalized spacial score (nSPS) is 15.9. The Balaban J connectivity index is 2.15. The summed E-state index contributed by atoms with van der Waals surface area (Å²) in [5.41, 5.74) is 1.82. The summed E-state index contributed by atoms with van der Waals surface area (Å²) in [6.45, 7) is 1.72. The van der Waals surface area contributed by atoms with Crippen LogP contribution < -0.4 is 4.90 Å². The molecule has 3 rings (SSSR count). The lowest BCUT2D eigenvalue weighted by Gasteiger charge is -2.29. The molecule has 1 aromatic carbocycles. The van der Waals surface area contributed by atoms with Crippen molar-refractivity contribution < 1.29 is 9.53 Å². The van der Waals surface area contributed by atoms with Crippen LogP contribution in [0.4, 0.5) is 5.82 Å². The monoisotopic (exact) mass is 310 g/mol. The van der Waals surface area contributed by atoms with Gasteiger partial charge in [-0.15, -0.1) is 0 Å². The van der Waals surface area contributed by atoms with Crippen molar-refractivity contribution in [2.75, 3.05) is 25.1 Å². The number of carbonyl (C=O) groups is 1. The molecule has 0 N–H and O–H groups in total. The summed E-state index contributed by atoms with van der Waals surface area (Å²) in [5, 5.41) is 9.44. The molecule has 0 aliphatic carbocycles. The van der Waals surface area contributed by atoms with Gasteiger partial charge < -0.3 is 9.64 Å². The largest absolute Gasteiger partial charge is 0.468 e. The number of anilines is 1. The average Bonchev–Trinajstić information content (AvgIpc) is 2.62. The molecule has 1 aliphatic heterocycles. The van der Waals surface area contributed by atoms with Crippen molar-refractivity contribution in [2.45, 2.75) is 25.2 Å². The van der Waals surface area contributed by atoms with Crippen LogP contribution in [0.25, 0.3) is 11.0 Å². The quantitative estimate of drug-likeness (QED) is 0.810. The highest BCUT2D eigenvalue weighted by molar-refractivity contribution is 5.85. The Morgan fingerprint density at radius 2 is 1.87 bits per heavy atom. The van der Waals surface area contributed by atoms with Gasteiger partial charge in [-0.05, 0) is 31.4 Å². The van der Waals surface area contributed by atoms with Gasteiger partial charge in [0.25, 0.3) is 0 Å². The van der Waals surface area contributed by atoms with Gasteiger partial charge in [-0.1, -0.05) is 12.1 Å². The van der Waals surface area contributed by atoms with E-state index < -0.39 is 11.9 Å². The van der Waals surface area contributed by atoms with Crippen LogP contribution in [0.1, 0.15) is 30.9 Å².